The summed E-state index contributed by atoms with van der Waals surface area (Å²) in [5.41, 5.74) is -0.563. The smallest absolute Gasteiger partial charge is 0.416 e. The topological polar surface area (TPSA) is 83.5 Å². The summed E-state index contributed by atoms with van der Waals surface area (Å²) < 4.78 is 69.5. The SMILES string of the molecule is O=C(O)c1ccc(C2CC2)c(S(=O)(=O)Nc2cc(C(F)(F)F)ccc2-c2ccc(C3CC3)s2)c1. The van der Waals surface area contributed by atoms with Crippen LogP contribution in [-0.2, 0) is 16.2 Å². The van der Waals surface area contributed by atoms with Crippen molar-refractivity contribution in [1.82, 2.24) is 0 Å². The van der Waals surface area contributed by atoms with Gasteiger partial charge in [0.25, 0.3) is 10.0 Å². The van der Waals surface area contributed by atoms with Crippen LogP contribution in [0.25, 0.3) is 10.4 Å². The van der Waals surface area contributed by atoms with Crippen molar-refractivity contribution in [2.24, 2.45) is 0 Å². The number of hydrogen-bond donors (Lipinski definition) is 2. The summed E-state index contributed by atoms with van der Waals surface area (Å²) >= 11 is 1.44. The molecular formula is C24H20F3NO4S2. The molecule has 2 aromatic carbocycles. The van der Waals surface area contributed by atoms with Crippen LogP contribution in [0.3, 0.4) is 0 Å². The van der Waals surface area contributed by atoms with Crippen LogP contribution in [0.2, 0.25) is 0 Å². The van der Waals surface area contributed by atoms with Crippen molar-refractivity contribution in [2.45, 2.75) is 48.6 Å². The van der Waals surface area contributed by atoms with Crippen LogP contribution in [0.1, 0.15) is 63.9 Å². The first-order valence-corrected chi connectivity index (χ1v) is 13.0. The molecule has 1 heterocycles. The van der Waals surface area contributed by atoms with Crippen molar-refractivity contribution in [3.8, 4) is 10.4 Å². The van der Waals surface area contributed by atoms with Crippen molar-refractivity contribution in [1.29, 1.82) is 0 Å². The highest BCUT2D eigenvalue weighted by molar-refractivity contribution is 7.92. The fourth-order valence-electron chi connectivity index (χ4n) is 3.94. The molecule has 0 atom stereocenters. The van der Waals surface area contributed by atoms with Gasteiger partial charge in [0, 0.05) is 15.3 Å². The monoisotopic (exact) mass is 507 g/mol. The van der Waals surface area contributed by atoms with E-state index in [0.29, 0.717) is 21.9 Å². The number of anilines is 1. The number of hydrogen-bond acceptors (Lipinski definition) is 4. The predicted molar refractivity (Wildman–Crippen MR) is 123 cm³/mol. The highest BCUT2D eigenvalue weighted by Gasteiger charge is 2.34. The average Bonchev–Trinajstić information content (AvgIpc) is 3.71. The van der Waals surface area contributed by atoms with E-state index < -0.39 is 27.7 Å². The van der Waals surface area contributed by atoms with E-state index in [9.17, 15) is 31.5 Å². The predicted octanol–water partition coefficient (Wildman–Crippen LogP) is 6.69. The molecule has 2 aliphatic carbocycles. The van der Waals surface area contributed by atoms with Crippen molar-refractivity contribution in [3.05, 3.63) is 70.1 Å². The molecule has 10 heteroatoms. The van der Waals surface area contributed by atoms with E-state index in [-0.39, 0.29) is 22.1 Å². The number of halogens is 3. The summed E-state index contributed by atoms with van der Waals surface area (Å²) in [6, 6.07) is 10.6. The maximum absolute atomic E-state index is 13.5. The van der Waals surface area contributed by atoms with Crippen LogP contribution in [0.4, 0.5) is 18.9 Å². The zero-order valence-corrected chi connectivity index (χ0v) is 19.4. The third-order valence-corrected chi connectivity index (χ3v) is 8.73. The number of carboxylic acids is 1. The lowest BCUT2D eigenvalue weighted by Gasteiger charge is -2.17. The molecule has 2 aliphatic rings. The lowest BCUT2D eigenvalue weighted by Crippen LogP contribution is -2.17. The molecule has 178 valence electrons. The minimum Gasteiger partial charge on any atom is -0.478 e. The Balaban J connectivity index is 1.60. The number of aromatic carboxylic acids is 1. The Labute approximate surface area is 198 Å². The second-order valence-corrected chi connectivity index (χ2v) is 11.4. The van der Waals surface area contributed by atoms with Crippen LogP contribution in [-0.4, -0.2) is 19.5 Å². The van der Waals surface area contributed by atoms with Gasteiger partial charge in [-0.2, -0.15) is 13.2 Å². The van der Waals surface area contributed by atoms with E-state index in [0.717, 1.165) is 48.8 Å². The van der Waals surface area contributed by atoms with Gasteiger partial charge in [-0.15, -0.1) is 11.3 Å². The molecule has 0 amide bonds. The number of carboxylic acid groups (broad SMARTS) is 1. The summed E-state index contributed by atoms with van der Waals surface area (Å²) in [6.07, 6.45) is -0.992. The summed E-state index contributed by atoms with van der Waals surface area (Å²) in [6.45, 7) is 0. The summed E-state index contributed by atoms with van der Waals surface area (Å²) in [5.74, 6) is -0.855. The van der Waals surface area contributed by atoms with E-state index in [1.165, 1.54) is 29.5 Å². The van der Waals surface area contributed by atoms with Crippen molar-refractivity contribution >= 4 is 33.0 Å². The second-order valence-electron chi connectivity index (χ2n) is 8.67. The van der Waals surface area contributed by atoms with Crippen LogP contribution in [0.15, 0.2) is 53.4 Å². The van der Waals surface area contributed by atoms with E-state index in [2.05, 4.69) is 4.72 Å². The minimum absolute atomic E-state index is 0.0196. The van der Waals surface area contributed by atoms with Crippen LogP contribution in [0.5, 0.6) is 0 Å². The number of thiophene rings is 1. The van der Waals surface area contributed by atoms with Crippen LogP contribution >= 0.6 is 11.3 Å². The molecule has 5 nitrogen and oxygen atoms in total. The van der Waals surface area contributed by atoms with Gasteiger partial charge in [0.15, 0.2) is 0 Å². The van der Waals surface area contributed by atoms with Gasteiger partial charge >= 0.3 is 12.1 Å². The fourth-order valence-corrected chi connectivity index (χ4v) is 6.55. The van der Waals surface area contributed by atoms with Gasteiger partial charge in [0.05, 0.1) is 21.7 Å². The lowest BCUT2D eigenvalue weighted by atomic mass is 10.1. The van der Waals surface area contributed by atoms with Crippen molar-refractivity contribution in [2.75, 3.05) is 4.72 Å². The third kappa shape index (κ3) is 4.56. The van der Waals surface area contributed by atoms with Gasteiger partial charge in [0.1, 0.15) is 0 Å². The molecular weight excluding hydrogens is 487 g/mol. The maximum atomic E-state index is 13.5. The molecule has 5 rings (SSSR count). The number of alkyl halides is 3. The first-order chi connectivity index (χ1) is 16.0. The van der Waals surface area contributed by atoms with Gasteiger partial charge < -0.3 is 5.11 Å². The molecule has 34 heavy (non-hydrogen) atoms. The third-order valence-electron chi connectivity index (χ3n) is 6.03. The molecule has 0 radical (unpaired) electrons. The zero-order valence-electron chi connectivity index (χ0n) is 17.7. The van der Waals surface area contributed by atoms with Crippen molar-refractivity contribution in [3.63, 3.8) is 0 Å². The molecule has 0 aliphatic heterocycles. The average molecular weight is 508 g/mol. The zero-order chi connectivity index (χ0) is 24.3. The molecule has 0 spiro atoms. The highest BCUT2D eigenvalue weighted by Crippen LogP contribution is 2.47. The van der Waals surface area contributed by atoms with Crippen LogP contribution < -0.4 is 4.72 Å². The number of nitrogens with one attached hydrogen (secondary N) is 1. The molecule has 1 aromatic heterocycles. The molecule has 0 bridgehead atoms. The number of sulfonamides is 1. The van der Waals surface area contributed by atoms with Gasteiger partial charge in [-0.25, -0.2) is 13.2 Å². The van der Waals surface area contributed by atoms with E-state index >= 15 is 0 Å². The van der Waals surface area contributed by atoms with Crippen molar-refractivity contribution < 1.29 is 31.5 Å². The van der Waals surface area contributed by atoms with Gasteiger partial charge in [-0.3, -0.25) is 4.72 Å². The first kappa shape index (κ1) is 22.9. The van der Waals surface area contributed by atoms with Gasteiger partial charge in [-0.1, -0.05) is 12.1 Å². The summed E-state index contributed by atoms with van der Waals surface area (Å²) in [4.78, 5) is 13.0. The Morgan fingerprint density at radius 1 is 0.971 bits per heavy atom. The number of rotatable bonds is 7. The maximum Gasteiger partial charge on any atom is 0.416 e. The standard InChI is InChI=1S/C24H20F3NO4S2/c25-24(26,27)16-6-8-18(21-10-9-20(33-21)14-3-4-14)19(12-16)28-34(31,32)22-11-15(23(29)30)5-7-17(22)13-1-2-13/h5-14,28H,1-4H2,(H,29,30). The Morgan fingerprint density at radius 3 is 2.29 bits per heavy atom. The second kappa shape index (κ2) is 8.13. The Bertz CT molecular complexity index is 1390. The molecule has 3 aromatic rings. The fraction of sp³-hybridized carbons (Fsp3) is 0.292. The molecule has 0 unspecified atom stereocenters. The summed E-state index contributed by atoms with van der Waals surface area (Å²) in [5, 5.41) is 9.34. The summed E-state index contributed by atoms with van der Waals surface area (Å²) in [7, 11) is -4.37. The first-order valence-electron chi connectivity index (χ1n) is 10.7. The molecule has 2 fully saturated rings. The molecule has 2 N–H and O–H groups in total. The largest absolute Gasteiger partial charge is 0.478 e. The lowest BCUT2D eigenvalue weighted by molar-refractivity contribution is -0.137. The van der Waals surface area contributed by atoms with E-state index in [4.69, 9.17) is 0 Å². The number of benzene rings is 2. The van der Waals surface area contributed by atoms with Gasteiger partial charge in [-0.05, 0) is 79.5 Å². The normalized spacial score (nSPS) is 16.4. The quantitative estimate of drug-likeness (QED) is 0.373. The molecule has 2 saturated carbocycles. The van der Waals surface area contributed by atoms with E-state index in [1.807, 2.05) is 6.07 Å². The Morgan fingerprint density at radius 2 is 1.68 bits per heavy atom. The molecule has 0 saturated heterocycles. The highest BCUT2D eigenvalue weighted by atomic mass is 32.2. The Kier molecular flexibility index (Phi) is 5.48. The number of carbonyl (C=O) groups is 1. The minimum atomic E-state index is -4.66. The van der Waals surface area contributed by atoms with E-state index in [1.54, 1.807) is 6.07 Å². The van der Waals surface area contributed by atoms with Crippen LogP contribution in [0, 0.1) is 0 Å². The van der Waals surface area contributed by atoms with Gasteiger partial charge in [0.2, 0.25) is 0 Å². The Hall–Kier alpha value is -2.85.